The van der Waals surface area contributed by atoms with Crippen molar-refractivity contribution in [1.29, 1.82) is 0 Å². The van der Waals surface area contributed by atoms with Gasteiger partial charge in [0.2, 0.25) is 0 Å². The van der Waals surface area contributed by atoms with E-state index in [4.69, 9.17) is 4.74 Å². The minimum absolute atomic E-state index is 0.00222. The van der Waals surface area contributed by atoms with Crippen LogP contribution in [0.2, 0.25) is 0 Å². The van der Waals surface area contributed by atoms with Gasteiger partial charge in [0, 0.05) is 0 Å². The lowest BCUT2D eigenvalue weighted by Crippen LogP contribution is -2.38. The molecule has 2 atom stereocenters. The lowest BCUT2D eigenvalue weighted by molar-refractivity contribution is -0.128. The number of ether oxygens (including phenoxy) is 1. The topological polar surface area (TPSA) is 38.3 Å². The predicted octanol–water partition coefficient (Wildman–Crippen LogP) is 4.96. The van der Waals surface area contributed by atoms with E-state index in [-0.39, 0.29) is 11.9 Å². The van der Waals surface area contributed by atoms with Crippen LogP contribution < -0.4 is 10.1 Å². The molecule has 2 rings (SSSR count). The fourth-order valence-corrected chi connectivity index (χ4v) is 2.74. The highest BCUT2D eigenvalue weighted by atomic mass is 16.5. The molecule has 0 saturated carbocycles. The molecule has 0 radical (unpaired) electrons. The molecule has 2 aromatic carbocycles. The lowest BCUT2D eigenvalue weighted by atomic mass is 9.99. The van der Waals surface area contributed by atoms with E-state index in [1.54, 1.807) is 6.92 Å². The summed E-state index contributed by atoms with van der Waals surface area (Å²) in [5.74, 6) is 0.633. The normalized spacial score (nSPS) is 13.2. The molecule has 1 N–H and O–H groups in total. The second kappa shape index (κ2) is 8.19. The number of amides is 1. The maximum absolute atomic E-state index is 12.6. The van der Waals surface area contributed by atoms with Crippen LogP contribution >= 0.6 is 0 Å². The third-order valence-electron chi connectivity index (χ3n) is 4.82. The summed E-state index contributed by atoms with van der Waals surface area (Å²) in [4.78, 5) is 12.6. The Labute approximate surface area is 151 Å². The van der Waals surface area contributed by atoms with Gasteiger partial charge < -0.3 is 10.1 Å². The third kappa shape index (κ3) is 4.85. The molecular weight excluding hydrogens is 310 g/mol. The maximum Gasteiger partial charge on any atom is 0.261 e. The molecule has 0 aliphatic rings. The molecule has 0 aliphatic heterocycles. The molecule has 134 valence electrons. The Morgan fingerprint density at radius 3 is 2.12 bits per heavy atom. The molecular formula is C22H29NO2. The zero-order valence-corrected chi connectivity index (χ0v) is 16.1. The van der Waals surface area contributed by atoms with E-state index in [9.17, 15) is 4.79 Å². The molecule has 0 aliphatic carbocycles. The van der Waals surface area contributed by atoms with E-state index >= 15 is 0 Å². The standard InChI is InChI=1S/C22H29NO2/c1-7-21(19-10-8-14(2)16(4)12-19)23-22(24)18(6)25-20-11-9-15(3)17(5)13-20/h8-13,18,21H,7H2,1-6H3,(H,23,24)/t18-,21+/m0/s1. The van der Waals surface area contributed by atoms with Crippen molar-refractivity contribution < 1.29 is 9.53 Å². The van der Waals surface area contributed by atoms with E-state index in [0.717, 1.165) is 23.3 Å². The van der Waals surface area contributed by atoms with Crippen molar-refractivity contribution in [2.24, 2.45) is 0 Å². The van der Waals surface area contributed by atoms with Crippen LogP contribution in [0.5, 0.6) is 5.75 Å². The maximum atomic E-state index is 12.6. The number of rotatable bonds is 6. The van der Waals surface area contributed by atoms with Gasteiger partial charge in [-0.25, -0.2) is 0 Å². The molecule has 0 bridgehead atoms. The van der Waals surface area contributed by atoms with Crippen molar-refractivity contribution in [2.75, 3.05) is 0 Å². The van der Waals surface area contributed by atoms with E-state index in [2.05, 4.69) is 51.2 Å². The summed E-state index contributed by atoms with van der Waals surface area (Å²) in [6.45, 7) is 12.2. The number of nitrogens with one attached hydrogen (secondary N) is 1. The molecule has 0 aromatic heterocycles. The van der Waals surface area contributed by atoms with Crippen molar-refractivity contribution >= 4 is 5.91 Å². The van der Waals surface area contributed by atoms with Gasteiger partial charge in [-0.15, -0.1) is 0 Å². The molecule has 0 heterocycles. The Morgan fingerprint density at radius 2 is 1.56 bits per heavy atom. The van der Waals surface area contributed by atoms with Crippen molar-refractivity contribution in [1.82, 2.24) is 5.32 Å². The Kier molecular flexibility index (Phi) is 6.24. The second-order valence-electron chi connectivity index (χ2n) is 6.82. The molecule has 0 unspecified atom stereocenters. The molecule has 0 fully saturated rings. The fraction of sp³-hybridized carbons (Fsp3) is 0.409. The molecule has 3 nitrogen and oxygen atoms in total. The van der Waals surface area contributed by atoms with Crippen LogP contribution in [0.3, 0.4) is 0 Å². The van der Waals surface area contributed by atoms with Crippen molar-refractivity contribution in [3.05, 3.63) is 64.2 Å². The first-order chi connectivity index (χ1) is 11.8. The van der Waals surface area contributed by atoms with Gasteiger partial charge in [0.25, 0.3) is 5.91 Å². The van der Waals surface area contributed by atoms with Gasteiger partial charge in [-0.05, 0) is 81.0 Å². The summed E-state index contributed by atoms with van der Waals surface area (Å²) < 4.78 is 5.82. The number of hydrogen-bond acceptors (Lipinski definition) is 2. The number of carbonyl (C=O) groups is 1. The number of aryl methyl sites for hydroxylation is 4. The summed E-state index contributed by atoms with van der Waals surface area (Å²) >= 11 is 0. The molecule has 1 amide bonds. The molecule has 0 spiro atoms. The van der Waals surface area contributed by atoms with Gasteiger partial charge in [0.15, 0.2) is 6.10 Å². The molecule has 0 saturated heterocycles. The monoisotopic (exact) mass is 339 g/mol. The van der Waals surface area contributed by atoms with Crippen LogP contribution in [0.15, 0.2) is 36.4 Å². The lowest BCUT2D eigenvalue weighted by Gasteiger charge is -2.22. The van der Waals surface area contributed by atoms with Crippen LogP contribution in [0, 0.1) is 27.7 Å². The van der Waals surface area contributed by atoms with Crippen molar-refractivity contribution in [2.45, 2.75) is 60.1 Å². The van der Waals surface area contributed by atoms with Gasteiger partial charge >= 0.3 is 0 Å². The highest BCUT2D eigenvalue weighted by Gasteiger charge is 2.19. The smallest absolute Gasteiger partial charge is 0.261 e. The van der Waals surface area contributed by atoms with Gasteiger partial charge in [-0.3, -0.25) is 4.79 Å². The van der Waals surface area contributed by atoms with Crippen molar-refractivity contribution in [3.8, 4) is 5.75 Å². The number of carbonyl (C=O) groups excluding carboxylic acids is 1. The zero-order valence-electron chi connectivity index (χ0n) is 16.1. The minimum Gasteiger partial charge on any atom is -0.481 e. The first-order valence-corrected chi connectivity index (χ1v) is 8.93. The summed E-state index contributed by atoms with van der Waals surface area (Å²) in [6, 6.07) is 12.2. The average molecular weight is 339 g/mol. The van der Waals surface area contributed by atoms with E-state index in [1.165, 1.54) is 16.7 Å². The quantitative estimate of drug-likeness (QED) is 0.808. The van der Waals surface area contributed by atoms with E-state index in [0.29, 0.717) is 0 Å². The van der Waals surface area contributed by atoms with Crippen molar-refractivity contribution in [3.63, 3.8) is 0 Å². The molecule has 2 aromatic rings. The second-order valence-corrected chi connectivity index (χ2v) is 6.82. The number of benzene rings is 2. The molecule has 3 heteroatoms. The minimum atomic E-state index is -0.539. The van der Waals surface area contributed by atoms with Gasteiger partial charge in [-0.1, -0.05) is 31.2 Å². The summed E-state index contributed by atoms with van der Waals surface area (Å²) in [6.07, 6.45) is 0.299. The van der Waals surface area contributed by atoms with Crippen LogP contribution in [-0.2, 0) is 4.79 Å². The molecule has 25 heavy (non-hydrogen) atoms. The van der Waals surface area contributed by atoms with Crippen LogP contribution in [-0.4, -0.2) is 12.0 Å². The summed E-state index contributed by atoms with van der Waals surface area (Å²) in [7, 11) is 0. The summed E-state index contributed by atoms with van der Waals surface area (Å²) in [5, 5.41) is 3.11. The Hall–Kier alpha value is -2.29. The first kappa shape index (κ1) is 19.0. The SMILES string of the molecule is CC[C@@H](NC(=O)[C@H](C)Oc1ccc(C)c(C)c1)c1ccc(C)c(C)c1. The van der Waals surface area contributed by atoms with E-state index < -0.39 is 6.10 Å². The highest BCUT2D eigenvalue weighted by molar-refractivity contribution is 5.81. The summed E-state index contributed by atoms with van der Waals surface area (Å²) in [5.41, 5.74) is 6.01. The largest absolute Gasteiger partial charge is 0.481 e. The van der Waals surface area contributed by atoms with Crippen LogP contribution in [0.1, 0.15) is 54.1 Å². The van der Waals surface area contributed by atoms with Gasteiger partial charge in [-0.2, -0.15) is 0 Å². The highest BCUT2D eigenvalue weighted by Crippen LogP contribution is 2.21. The third-order valence-corrected chi connectivity index (χ3v) is 4.82. The van der Waals surface area contributed by atoms with Gasteiger partial charge in [0.1, 0.15) is 5.75 Å². The van der Waals surface area contributed by atoms with E-state index in [1.807, 2.05) is 25.1 Å². The Balaban J connectivity index is 2.05. The van der Waals surface area contributed by atoms with Crippen LogP contribution in [0.4, 0.5) is 0 Å². The zero-order chi connectivity index (χ0) is 18.6. The van der Waals surface area contributed by atoms with Crippen LogP contribution in [0.25, 0.3) is 0 Å². The Bertz CT molecular complexity index is 752. The first-order valence-electron chi connectivity index (χ1n) is 8.93. The van der Waals surface area contributed by atoms with Gasteiger partial charge in [0.05, 0.1) is 6.04 Å². The Morgan fingerprint density at radius 1 is 0.960 bits per heavy atom. The fourth-order valence-electron chi connectivity index (χ4n) is 2.74. The average Bonchev–Trinajstić information content (AvgIpc) is 2.58. The predicted molar refractivity (Wildman–Crippen MR) is 103 cm³/mol. The number of hydrogen-bond donors (Lipinski definition) is 1.